The number of rotatable bonds is 5. The third-order valence-corrected chi connectivity index (χ3v) is 3.10. The second-order valence-corrected chi connectivity index (χ2v) is 5.63. The molecule has 0 radical (unpaired) electrons. The van der Waals surface area contributed by atoms with Crippen LogP contribution in [0.15, 0.2) is 22.7 Å². The van der Waals surface area contributed by atoms with E-state index in [-0.39, 0.29) is 5.60 Å². The molecule has 0 aliphatic heterocycles. The molecule has 1 aromatic carbocycles. The van der Waals surface area contributed by atoms with E-state index in [0.717, 1.165) is 15.7 Å². The molecule has 0 saturated carbocycles. The lowest BCUT2D eigenvalue weighted by Crippen LogP contribution is -2.21. The number of benzene rings is 1. The highest BCUT2D eigenvalue weighted by molar-refractivity contribution is 9.10. The van der Waals surface area contributed by atoms with Crippen molar-refractivity contribution in [3.63, 3.8) is 0 Å². The molecule has 0 saturated heterocycles. The summed E-state index contributed by atoms with van der Waals surface area (Å²) in [5.74, 6) is 0. The van der Waals surface area contributed by atoms with E-state index < -0.39 is 0 Å². The van der Waals surface area contributed by atoms with Crippen molar-refractivity contribution in [1.29, 1.82) is 0 Å². The molecule has 0 bridgehead atoms. The SMILES string of the molecule is CC(C)(C)OCCOCc1cccc(N)c1Br. The van der Waals surface area contributed by atoms with Crippen molar-refractivity contribution < 1.29 is 9.47 Å². The molecular weight excluding hydrogens is 282 g/mol. The van der Waals surface area contributed by atoms with Crippen molar-refractivity contribution in [2.24, 2.45) is 0 Å². The third-order valence-electron chi connectivity index (χ3n) is 2.13. The van der Waals surface area contributed by atoms with Crippen molar-refractivity contribution in [3.05, 3.63) is 28.2 Å². The zero-order valence-corrected chi connectivity index (χ0v) is 12.2. The molecule has 0 amide bonds. The monoisotopic (exact) mass is 301 g/mol. The van der Waals surface area contributed by atoms with E-state index in [1.807, 2.05) is 39.0 Å². The second-order valence-electron chi connectivity index (χ2n) is 4.83. The van der Waals surface area contributed by atoms with Gasteiger partial charge in [0.1, 0.15) is 0 Å². The van der Waals surface area contributed by atoms with Gasteiger partial charge < -0.3 is 15.2 Å². The minimum Gasteiger partial charge on any atom is -0.398 e. The summed E-state index contributed by atoms with van der Waals surface area (Å²) in [7, 11) is 0. The van der Waals surface area contributed by atoms with Crippen molar-refractivity contribution in [1.82, 2.24) is 0 Å². The zero-order valence-electron chi connectivity index (χ0n) is 10.6. The van der Waals surface area contributed by atoms with Crippen LogP contribution in [0.25, 0.3) is 0 Å². The summed E-state index contributed by atoms with van der Waals surface area (Å²) < 4.78 is 12.0. The first-order valence-electron chi connectivity index (χ1n) is 5.65. The summed E-state index contributed by atoms with van der Waals surface area (Å²) in [5.41, 5.74) is 7.46. The molecule has 1 rings (SSSR count). The van der Waals surface area contributed by atoms with Crippen molar-refractivity contribution in [2.75, 3.05) is 18.9 Å². The van der Waals surface area contributed by atoms with Crippen molar-refractivity contribution in [3.8, 4) is 0 Å². The maximum absolute atomic E-state index is 5.78. The molecular formula is C13H20BrNO2. The summed E-state index contributed by atoms with van der Waals surface area (Å²) >= 11 is 3.44. The van der Waals surface area contributed by atoms with E-state index in [9.17, 15) is 0 Å². The minimum absolute atomic E-state index is 0.110. The third kappa shape index (κ3) is 5.52. The van der Waals surface area contributed by atoms with Gasteiger partial charge in [0.05, 0.1) is 25.4 Å². The average molecular weight is 302 g/mol. The van der Waals surface area contributed by atoms with Crippen molar-refractivity contribution in [2.45, 2.75) is 33.0 Å². The first-order chi connectivity index (χ1) is 7.90. The molecule has 2 N–H and O–H groups in total. The quantitative estimate of drug-likeness (QED) is 0.670. The lowest BCUT2D eigenvalue weighted by Gasteiger charge is -2.19. The minimum atomic E-state index is -0.110. The molecule has 17 heavy (non-hydrogen) atoms. The smallest absolute Gasteiger partial charge is 0.0729 e. The van der Waals surface area contributed by atoms with Crippen LogP contribution < -0.4 is 5.73 Å². The van der Waals surface area contributed by atoms with Crippen molar-refractivity contribution >= 4 is 21.6 Å². The van der Waals surface area contributed by atoms with Crippen LogP contribution in [0.4, 0.5) is 5.69 Å². The molecule has 0 spiro atoms. The van der Waals surface area contributed by atoms with E-state index in [1.54, 1.807) is 0 Å². The highest BCUT2D eigenvalue weighted by atomic mass is 79.9. The number of hydrogen-bond acceptors (Lipinski definition) is 3. The fraction of sp³-hybridized carbons (Fsp3) is 0.538. The summed E-state index contributed by atoms with van der Waals surface area (Å²) in [6.45, 7) is 7.81. The highest BCUT2D eigenvalue weighted by Crippen LogP contribution is 2.24. The first kappa shape index (κ1) is 14.5. The highest BCUT2D eigenvalue weighted by Gasteiger charge is 2.09. The van der Waals surface area contributed by atoms with Crippen LogP contribution in [-0.2, 0) is 16.1 Å². The van der Waals surface area contributed by atoms with E-state index in [2.05, 4.69) is 15.9 Å². The first-order valence-corrected chi connectivity index (χ1v) is 6.44. The average Bonchev–Trinajstić information content (AvgIpc) is 2.22. The van der Waals surface area contributed by atoms with Crippen LogP contribution in [0.3, 0.4) is 0 Å². The number of halogens is 1. The van der Waals surface area contributed by atoms with Gasteiger partial charge in [-0.1, -0.05) is 12.1 Å². The topological polar surface area (TPSA) is 44.5 Å². The van der Waals surface area contributed by atoms with Gasteiger partial charge in [0, 0.05) is 10.2 Å². The van der Waals surface area contributed by atoms with Gasteiger partial charge in [0.15, 0.2) is 0 Å². The Morgan fingerprint density at radius 3 is 2.59 bits per heavy atom. The Balaban J connectivity index is 2.29. The Labute approximate surface area is 111 Å². The van der Waals surface area contributed by atoms with E-state index in [4.69, 9.17) is 15.2 Å². The van der Waals surface area contributed by atoms with E-state index >= 15 is 0 Å². The number of nitrogens with two attached hydrogens (primary N) is 1. The summed E-state index contributed by atoms with van der Waals surface area (Å²) in [6, 6.07) is 5.77. The Morgan fingerprint density at radius 2 is 1.94 bits per heavy atom. The molecule has 96 valence electrons. The van der Waals surface area contributed by atoms with Crippen LogP contribution in [0.1, 0.15) is 26.3 Å². The maximum atomic E-state index is 5.78. The normalized spacial score (nSPS) is 11.8. The van der Waals surface area contributed by atoms with Crippen LogP contribution in [0.2, 0.25) is 0 Å². The maximum Gasteiger partial charge on any atom is 0.0729 e. The predicted octanol–water partition coefficient (Wildman–Crippen LogP) is 3.36. The van der Waals surface area contributed by atoms with Crippen LogP contribution >= 0.6 is 15.9 Å². The molecule has 1 aromatic rings. The Hall–Kier alpha value is -0.580. The lowest BCUT2D eigenvalue weighted by molar-refractivity contribution is -0.0377. The van der Waals surface area contributed by atoms with E-state index in [0.29, 0.717) is 19.8 Å². The number of anilines is 1. The number of ether oxygens (including phenoxy) is 2. The van der Waals surface area contributed by atoms with Crippen LogP contribution in [0, 0.1) is 0 Å². The van der Waals surface area contributed by atoms with Crippen LogP contribution in [0.5, 0.6) is 0 Å². The Bertz CT molecular complexity index is 361. The molecule has 4 heteroatoms. The van der Waals surface area contributed by atoms with Gasteiger partial charge >= 0.3 is 0 Å². The molecule has 3 nitrogen and oxygen atoms in total. The lowest BCUT2D eigenvalue weighted by atomic mass is 10.2. The molecule has 0 aliphatic rings. The zero-order chi connectivity index (χ0) is 12.9. The Morgan fingerprint density at radius 1 is 1.24 bits per heavy atom. The summed E-state index contributed by atoms with van der Waals surface area (Å²) in [4.78, 5) is 0. The van der Waals surface area contributed by atoms with Gasteiger partial charge in [0.2, 0.25) is 0 Å². The Kier molecular flexibility index (Phi) is 5.43. The van der Waals surface area contributed by atoms with Gasteiger partial charge in [-0.15, -0.1) is 0 Å². The molecule has 0 heterocycles. The van der Waals surface area contributed by atoms with Crippen LogP contribution in [-0.4, -0.2) is 18.8 Å². The van der Waals surface area contributed by atoms with Gasteiger partial charge in [-0.25, -0.2) is 0 Å². The molecule has 0 aliphatic carbocycles. The van der Waals surface area contributed by atoms with Gasteiger partial charge in [-0.3, -0.25) is 0 Å². The van der Waals surface area contributed by atoms with Gasteiger partial charge in [0.25, 0.3) is 0 Å². The molecule has 0 atom stereocenters. The standard InChI is InChI=1S/C13H20BrNO2/c1-13(2,3)17-8-7-16-9-10-5-4-6-11(15)12(10)14/h4-6H,7-9,15H2,1-3H3. The largest absolute Gasteiger partial charge is 0.398 e. The molecule has 0 unspecified atom stereocenters. The van der Waals surface area contributed by atoms with Gasteiger partial charge in [-0.05, 0) is 48.3 Å². The predicted molar refractivity (Wildman–Crippen MR) is 73.9 cm³/mol. The summed E-state index contributed by atoms with van der Waals surface area (Å²) in [5, 5.41) is 0. The molecule has 0 aromatic heterocycles. The van der Waals surface area contributed by atoms with E-state index in [1.165, 1.54) is 0 Å². The summed E-state index contributed by atoms with van der Waals surface area (Å²) in [6.07, 6.45) is 0. The molecule has 0 fully saturated rings. The second kappa shape index (κ2) is 6.38. The van der Waals surface area contributed by atoms with Gasteiger partial charge in [-0.2, -0.15) is 0 Å². The fourth-order valence-electron chi connectivity index (χ4n) is 1.30. The number of nitrogen functional groups attached to an aromatic ring is 1. The number of hydrogen-bond donors (Lipinski definition) is 1. The fourth-order valence-corrected chi connectivity index (χ4v) is 1.68.